The summed E-state index contributed by atoms with van der Waals surface area (Å²) in [6, 6.07) is 23.4. The number of para-hydroxylation sites is 2. The molecule has 0 spiro atoms. The number of benzene rings is 3. The van der Waals surface area contributed by atoms with Gasteiger partial charge in [-0.25, -0.2) is 19.3 Å². The fraction of sp³-hybridized carbons (Fsp3) is 0.160. The molecule has 4 heteroatoms. The van der Waals surface area contributed by atoms with Crippen molar-refractivity contribution in [3.63, 3.8) is 0 Å². The van der Waals surface area contributed by atoms with Gasteiger partial charge >= 0.3 is 5.95 Å². The highest BCUT2D eigenvalue weighted by Gasteiger charge is 2.32. The number of aromatic amines is 1. The van der Waals surface area contributed by atoms with E-state index in [-0.39, 0.29) is 11.9 Å². The molecule has 0 fully saturated rings. The lowest BCUT2D eigenvalue weighted by atomic mass is 9.98. The number of allylic oxidation sites excluding steroid dienone is 1. The number of rotatable bonds is 3. The van der Waals surface area contributed by atoms with Gasteiger partial charge < -0.3 is 0 Å². The fourth-order valence-corrected chi connectivity index (χ4v) is 4.04. The third-order valence-electron chi connectivity index (χ3n) is 5.63. The van der Waals surface area contributed by atoms with Crippen LogP contribution >= 0.6 is 0 Å². The average Bonchev–Trinajstić information content (AvgIpc) is 3.12. The number of nitrogens with one attached hydrogen (secondary N) is 2. The Morgan fingerprint density at radius 1 is 0.897 bits per heavy atom. The number of fused-ring (bicyclic) bond motifs is 3. The van der Waals surface area contributed by atoms with Gasteiger partial charge in [-0.15, -0.1) is 0 Å². The van der Waals surface area contributed by atoms with Crippen molar-refractivity contribution < 1.29 is 8.96 Å². The number of hydrogen-bond acceptors (Lipinski definition) is 1. The van der Waals surface area contributed by atoms with Crippen LogP contribution in [0.1, 0.15) is 42.5 Å². The van der Waals surface area contributed by atoms with Crippen LogP contribution in [0, 0.1) is 5.82 Å². The van der Waals surface area contributed by atoms with Gasteiger partial charge in [0, 0.05) is 11.1 Å². The van der Waals surface area contributed by atoms with E-state index in [4.69, 9.17) is 0 Å². The van der Waals surface area contributed by atoms with Crippen molar-refractivity contribution in [1.82, 2.24) is 4.98 Å². The lowest BCUT2D eigenvalue weighted by molar-refractivity contribution is -0.664. The van der Waals surface area contributed by atoms with Crippen LogP contribution in [0.4, 0.5) is 10.3 Å². The Hall–Kier alpha value is -3.40. The molecule has 0 amide bonds. The number of H-pyrrole nitrogens is 1. The molecule has 2 heterocycles. The molecule has 3 nitrogen and oxygen atoms in total. The Labute approximate surface area is 169 Å². The van der Waals surface area contributed by atoms with E-state index >= 15 is 0 Å². The van der Waals surface area contributed by atoms with E-state index in [9.17, 15) is 4.39 Å². The van der Waals surface area contributed by atoms with Crippen molar-refractivity contribution in [1.29, 1.82) is 0 Å². The minimum absolute atomic E-state index is 0.200. The lowest BCUT2D eigenvalue weighted by Gasteiger charge is -2.21. The molecule has 1 aliphatic rings. The first-order valence-corrected chi connectivity index (χ1v) is 9.97. The molecule has 4 aromatic rings. The van der Waals surface area contributed by atoms with Crippen molar-refractivity contribution in [2.75, 3.05) is 5.32 Å². The summed E-state index contributed by atoms with van der Waals surface area (Å²) >= 11 is 0. The van der Waals surface area contributed by atoms with E-state index < -0.39 is 0 Å². The number of halogens is 1. The third-order valence-corrected chi connectivity index (χ3v) is 5.63. The number of nitrogens with zero attached hydrogens (tertiary/aromatic N) is 1. The van der Waals surface area contributed by atoms with Crippen molar-refractivity contribution in [2.24, 2.45) is 0 Å². The first kappa shape index (κ1) is 17.7. The largest absolute Gasteiger partial charge is 0.361 e. The number of hydrogen-bond donors (Lipinski definition) is 2. The zero-order valence-corrected chi connectivity index (χ0v) is 16.5. The van der Waals surface area contributed by atoms with Crippen LogP contribution in [0.3, 0.4) is 0 Å². The summed E-state index contributed by atoms with van der Waals surface area (Å²) in [6.07, 6.45) is 2.11. The van der Waals surface area contributed by atoms with Gasteiger partial charge in [-0.2, -0.15) is 0 Å². The monoisotopic (exact) mass is 384 g/mol. The van der Waals surface area contributed by atoms with Gasteiger partial charge in [0.25, 0.3) is 0 Å². The van der Waals surface area contributed by atoms with E-state index in [1.54, 1.807) is 6.07 Å². The first-order chi connectivity index (χ1) is 14.1. The predicted octanol–water partition coefficient (Wildman–Crippen LogP) is 5.77. The van der Waals surface area contributed by atoms with E-state index in [2.05, 4.69) is 65.1 Å². The van der Waals surface area contributed by atoms with Crippen LogP contribution in [-0.4, -0.2) is 4.98 Å². The fourth-order valence-electron chi connectivity index (χ4n) is 4.04. The molecule has 3 aromatic carbocycles. The summed E-state index contributed by atoms with van der Waals surface area (Å²) in [5, 5.41) is 3.52. The second kappa shape index (κ2) is 6.89. The summed E-state index contributed by atoms with van der Waals surface area (Å²) < 4.78 is 16.9. The van der Waals surface area contributed by atoms with Gasteiger partial charge in [0.2, 0.25) is 0 Å². The SMILES string of the molecule is CC(C)c1ccc(C2=CC(c3ccccc3F)[n+]3c([nH]c4ccccc43)N2)cc1. The quantitative estimate of drug-likeness (QED) is 0.432. The smallest absolute Gasteiger partial charge is 0.244 e. The van der Waals surface area contributed by atoms with E-state index in [0.29, 0.717) is 11.5 Å². The van der Waals surface area contributed by atoms with Gasteiger partial charge in [-0.3, -0.25) is 0 Å². The summed E-state index contributed by atoms with van der Waals surface area (Å²) in [5.74, 6) is 1.14. The highest BCUT2D eigenvalue weighted by Crippen LogP contribution is 2.31. The Balaban J connectivity index is 1.68. The van der Waals surface area contributed by atoms with Crippen LogP contribution < -0.4 is 9.88 Å². The second-order valence-electron chi connectivity index (χ2n) is 7.81. The molecule has 0 bridgehead atoms. The molecule has 2 N–H and O–H groups in total. The Kier molecular flexibility index (Phi) is 4.20. The van der Waals surface area contributed by atoms with Crippen LogP contribution in [0.2, 0.25) is 0 Å². The summed E-state index contributed by atoms with van der Waals surface area (Å²) in [6.45, 7) is 4.38. The topological polar surface area (TPSA) is 31.7 Å². The zero-order valence-electron chi connectivity index (χ0n) is 16.5. The normalized spacial score (nSPS) is 15.9. The molecule has 1 unspecified atom stereocenters. The Bertz CT molecular complexity index is 1220. The maximum Gasteiger partial charge on any atom is 0.361 e. The average molecular weight is 384 g/mol. The number of aromatic nitrogens is 2. The van der Waals surface area contributed by atoms with Crippen molar-refractivity contribution in [2.45, 2.75) is 25.8 Å². The minimum atomic E-state index is -0.247. The third kappa shape index (κ3) is 3.01. The van der Waals surface area contributed by atoms with E-state index in [1.165, 1.54) is 11.6 Å². The molecule has 5 rings (SSSR count). The molecular weight excluding hydrogens is 361 g/mol. The standard InChI is InChI=1S/C25H22FN3/c1-16(2)17-11-13-18(14-12-17)22-15-24(19-7-3-4-8-20(19)26)29-23-10-6-5-9-21(23)27-25(29)28-22/h3-16,24H,1-2H3,(H,27,28)/p+1. The molecular formula is C25H23FN3+. The van der Waals surface area contributed by atoms with Gasteiger partial charge in [-0.1, -0.05) is 68.4 Å². The lowest BCUT2D eigenvalue weighted by Crippen LogP contribution is -2.44. The van der Waals surface area contributed by atoms with E-state index in [0.717, 1.165) is 28.2 Å². The first-order valence-electron chi connectivity index (χ1n) is 9.97. The molecule has 29 heavy (non-hydrogen) atoms. The van der Waals surface area contributed by atoms with Crippen LogP contribution in [0.5, 0.6) is 0 Å². The maximum atomic E-state index is 14.8. The Morgan fingerprint density at radius 2 is 1.62 bits per heavy atom. The van der Waals surface area contributed by atoms with E-state index in [1.807, 2.05) is 30.3 Å². The maximum absolute atomic E-state index is 14.8. The summed E-state index contributed by atoms with van der Waals surface area (Å²) in [5.41, 5.74) is 6.06. The second-order valence-corrected chi connectivity index (χ2v) is 7.81. The zero-order chi connectivity index (χ0) is 20.0. The highest BCUT2D eigenvalue weighted by molar-refractivity contribution is 5.80. The molecule has 144 valence electrons. The van der Waals surface area contributed by atoms with Crippen LogP contribution in [0.25, 0.3) is 16.7 Å². The summed E-state index contributed by atoms with van der Waals surface area (Å²) in [7, 11) is 0. The molecule has 1 aromatic heterocycles. The van der Waals surface area contributed by atoms with Crippen LogP contribution in [0.15, 0.2) is 78.9 Å². The molecule has 0 saturated carbocycles. The minimum Gasteiger partial charge on any atom is -0.244 e. The highest BCUT2D eigenvalue weighted by atomic mass is 19.1. The van der Waals surface area contributed by atoms with Gasteiger partial charge in [-0.05, 0) is 35.8 Å². The molecule has 0 saturated heterocycles. The van der Waals surface area contributed by atoms with Crippen molar-refractivity contribution in [3.8, 4) is 0 Å². The number of imidazole rings is 1. The van der Waals surface area contributed by atoms with Crippen molar-refractivity contribution >= 4 is 22.7 Å². The number of anilines is 1. The Morgan fingerprint density at radius 3 is 2.38 bits per heavy atom. The predicted molar refractivity (Wildman–Crippen MR) is 115 cm³/mol. The van der Waals surface area contributed by atoms with Crippen LogP contribution in [-0.2, 0) is 0 Å². The van der Waals surface area contributed by atoms with Gasteiger partial charge in [0.1, 0.15) is 28.6 Å². The molecule has 0 radical (unpaired) electrons. The molecule has 0 aliphatic carbocycles. The molecule has 1 atom stereocenters. The summed E-state index contributed by atoms with van der Waals surface area (Å²) in [4.78, 5) is 3.45. The van der Waals surface area contributed by atoms with Gasteiger partial charge in [0.05, 0.1) is 0 Å². The van der Waals surface area contributed by atoms with Crippen molar-refractivity contribution in [3.05, 3.63) is 101 Å². The molecule has 1 aliphatic heterocycles. The van der Waals surface area contributed by atoms with Gasteiger partial charge in [0.15, 0.2) is 0 Å².